The Morgan fingerprint density at radius 1 is 1.54 bits per heavy atom. The van der Waals surface area contributed by atoms with Gasteiger partial charge < -0.3 is 10.1 Å². The molecule has 0 fully saturated rings. The van der Waals surface area contributed by atoms with Crippen molar-refractivity contribution in [3.05, 3.63) is 30.0 Å². The second-order valence-electron chi connectivity index (χ2n) is 2.78. The van der Waals surface area contributed by atoms with Crippen molar-refractivity contribution in [2.24, 2.45) is 5.73 Å². The standard InChI is InChI=1S/C8H8N4O/c1-5-3-12-4-6(8(9)13)11-7(12)2-10-5/h2-4H,1H3,(H2,9,13). The third-order valence-corrected chi connectivity index (χ3v) is 1.72. The van der Waals surface area contributed by atoms with E-state index < -0.39 is 5.91 Å². The van der Waals surface area contributed by atoms with Crippen LogP contribution in [0.3, 0.4) is 0 Å². The SMILES string of the molecule is Cc1cn2cc(C(N)=O)nc2cn1. The number of carbonyl (C=O) groups is 1. The smallest absolute Gasteiger partial charge is 0.268 e. The molecule has 2 rings (SSSR count). The van der Waals surface area contributed by atoms with Crippen molar-refractivity contribution in [3.8, 4) is 0 Å². The van der Waals surface area contributed by atoms with E-state index in [0.29, 0.717) is 5.65 Å². The summed E-state index contributed by atoms with van der Waals surface area (Å²) < 4.78 is 1.72. The molecule has 13 heavy (non-hydrogen) atoms. The number of imidazole rings is 1. The topological polar surface area (TPSA) is 73.3 Å². The molecule has 0 saturated heterocycles. The largest absolute Gasteiger partial charge is 0.364 e. The predicted molar refractivity (Wildman–Crippen MR) is 46.2 cm³/mol. The van der Waals surface area contributed by atoms with Gasteiger partial charge in [-0.2, -0.15) is 0 Å². The third kappa shape index (κ3) is 1.24. The molecule has 2 heterocycles. The van der Waals surface area contributed by atoms with Gasteiger partial charge in [-0.1, -0.05) is 0 Å². The van der Waals surface area contributed by atoms with Gasteiger partial charge in [0.1, 0.15) is 5.69 Å². The average molecular weight is 176 g/mol. The number of aromatic nitrogens is 3. The van der Waals surface area contributed by atoms with Crippen LogP contribution < -0.4 is 5.73 Å². The quantitative estimate of drug-likeness (QED) is 0.671. The van der Waals surface area contributed by atoms with E-state index in [1.54, 1.807) is 23.0 Å². The van der Waals surface area contributed by atoms with Gasteiger partial charge >= 0.3 is 0 Å². The number of aryl methyl sites for hydroxylation is 1. The zero-order valence-corrected chi connectivity index (χ0v) is 7.06. The van der Waals surface area contributed by atoms with Gasteiger partial charge in [-0.15, -0.1) is 0 Å². The van der Waals surface area contributed by atoms with E-state index in [2.05, 4.69) is 9.97 Å². The van der Waals surface area contributed by atoms with E-state index in [-0.39, 0.29) is 5.69 Å². The molecule has 0 unspecified atom stereocenters. The number of hydrogen-bond acceptors (Lipinski definition) is 3. The van der Waals surface area contributed by atoms with E-state index >= 15 is 0 Å². The molecule has 5 nitrogen and oxygen atoms in total. The summed E-state index contributed by atoms with van der Waals surface area (Å²) in [6.07, 6.45) is 4.98. The summed E-state index contributed by atoms with van der Waals surface area (Å²) in [6.45, 7) is 1.86. The van der Waals surface area contributed by atoms with Crippen molar-refractivity contribution in [1.82, 2.24) is 14.4 Å². The minimum absolute atomic E-state index is 0.257. The third-order valence-electron chi connectivity index (χ3n) is 1.72. The van der Waals surface area contributed by atoms with Crippen LogP contribution >= 0.6 is 0 Å². The van der Waals surface area contributed by atoms with Crippen LogP contribution in [0.5, 0.6) is 0 Å². The normalized spacial score (nSPS) is 10.5. The van der Waals surface area contributed by atoms with Gasteiger partial charge in [-0.05, 0) is 6.92 Å². The molecule has 2 N–H and O–H groups in total. The first-order chi connectivity index (χ1) is 6.16. The van der Waals surface area contributed by atoms with Crippen LogP contribution in [0.25, 0.3) is 5.65 Å². The van der Waals surface area contributed by atoms with Crippen molar-refractivity contribution in [2.45, 2.75) is 6.92 Å². The van der Waals surface area contributed by atoms with Crippen LogP contribution in [-0.2, 0) is 0 Å². The first-order valence-corrected chi connectivity index (χ1v) is 3.78. The number of fused-ring (bicyclic) bond motifs is 1. The number of primary amides is 1. The van der Waals surface area contributed by atoms with E-state index in [1.807, 2.05) is 6.92 Å². The van der Waals surface area contributed by atoms with Crippen LogP contribution in [0.2, 0.25) is 0 Å². The number of amides is 1. The minimum Gasteiger partial charge on any atom is -0.364 e. The molecule has 0 aliphatic rings. The average Bonchev–Trinajstić information content (AvgIpc) is 2.46. The van der Waals surface area contributed by atoms with Crippen LogP contribution in [0.15, 0.2) is 18.6 Å². The summed E-state index contributed by atoms with van der Waals surface area (Å²) in [6, 6.07) is 0. The number of nitrogens with two attached hydrogens (primary N) is 1. The Morgan fingerprint density at radius 3 is 3.00 bits per heavy atom. The zero-order chi connectivity index (χ0) is 9.42. The Labute approximate surface area is 74.2 Å². The monoisotopic (exact) mass is 176 g/mol. The highest BCUT2D eigenvalue weighted by atomic mass is 16.1. The molecule has 0 bridgehead atoms. The molecule has 0 spiro atoms. The van der Waals surface area contributed by atoms with Crippen LogP contribution in [-0.4, -0.2) is 20.3 Å². The van der Waals surface area contributed by atoms with Gasteiger partial charge in [0.2, 0.25) is 0 Å². The van der Waals surface area contributed by atoms with Crippen molar-refractivity contribution in [1.29, 1.82) is 0 Å². The lowest BCUT2D eigenvalue weighted by molar-refractivity contribution is 0.0996. The molecule has 0 saturated carbocycles. The van der Waals surface area contributed by atoms with Crippen molar-refractivity contribution < 1.29 is 4.79 Å². The minimum atomic E-state index is -0.527. The highest BCUT2D eigenvalue weighted by Gasteiger charge is 2.05. The highest BCUT2D eigenvalue weighted by Crippen LogP contribution is 2.03. The van der Waals surface area contributed by atoms with E-state index in [1.165, 1.54) is 0 Å². The molecule has 1 amide bonds. The molecule has 0 atom stereocenters. The maximum atomic E-state index is 10.8. The van der Waals surface area contributed by atoms with Gasteiger partial charge in [0.05, 0.1) is 11.9 Å². The lowest BCUT2D eigenvalue weighted by Gasteiger charge is -1.92. The van der Waals surface area contributed by atoms with Gasteiger partial charge in [0.15, 0.2) is 5.65 Å². The molecule has 0 radical (unpaired) electrons. The van der Waals surface area contributed by atoms with Crippen LogP contribution in [0, 0.1) is 6.92 Å². The molecule has 0 aromatic carbocycles. The Bertz CT molecular complexity index is 474. The first kappa shape index (κ1) is 7.72. The summed E-state index contributed by atoms with van der Waals surface area (Å²) in [5.41, 5.74) is 6.82. The van der Waals surface area contributed by atoms with Gasteiger partial charge in [-0.3, -0.25) is 9.78 Å². The van der Waals surface area contributed by atoms with Gasteiger partial charge in [0, 0.05) is 12.4 Å². The highest BCUT2D eigenvalue weighted by molar-refractivity contribution is 5.91. The first-order valence-electron chi connectivity index (χ1n) is 3.78. The van der Waals surface area contributed by atoms with E-state index in [4.69, 9.17) is 5.73 Å². The Morgan fingerprint density at radius 2 is 2.31 bits per heavy atom. The Kier molecular flexibility index (Phi) is 1.51. The molecular weight excluding hydrogens is 168 g/mol. The number of nitrogens with zero attached hydrogens (tertiary/aromatic N) is 3. The van der Waals surface area contributed by atoms with E-state index in [0.717, 1.165) is 5.69 Å². The molecule has 0 aliphatic carbocycles. The van der Waals surface area contributed by atoms with E-state index in [9.17, 15) is 4.79 Å². The second-order valence-corrected chi connectivity index (χ2v) is 2.78. The number of carbonyl (C=O) groups excluding carboxylic acids is 1. The molecule has 66 valence electrons. The number of hydrogen-bond donors (Lipinski definition) is 1. The van der Waals surface area contributed by atoms with Crippen molar-refractivity contribution in [3.63, 3.8) is 0 Å². The Balaban J connectivity index is 2.68. The maximum Gasteiger partial charge on any atom is 0.268 e. The molecular formula is C8H8N4O. The summed E-state index contributed by atoms with van der Waals surface area (Å²) in [4.78, 5) is 18.8. The Hall–Kier alpha value is -1.91. The lowest BCUT2D eigenvalue weighted by Crippen LogP contribution is -2.10. The summed E-state index contributed by atoms with van der Waals surface area (Å²) in [5, 5.41) is 0. The molecule has 2 aromatic rings. The molecule has 0 aliphatic heterocycles. The molecule has 5 heteroatoms. The second kappa shape index (κ2) is 2.55. The predicted octanol–water partition coefficient (Wildman–Crippen LogP) is 0.137. The van der Waals surface area contributed by atoms with Gasteiger partial charge in [-0.25, -0.2) is 4.98 Å². The summed E-state index contributed by atoms with van der Waals surface area (Å²) in [7, 11) is 0. The fraction of sp³-hybridized carbons (Fsp3) is 0.125. The maximum absolute atomic E-state index is 10.8. The zero-order valence-electron chi connectivity index (χ0n) is 7.06. The van der Waals surface area contributed by atoms with Gasteiger partial charge in [0.25, 0.3) is 5.91 Å². The van der Waals surface area contributed by atoms with Crippen molar-refractivity contribution >= 4 is 11.6 Å². The summed E-state index contributed by atoms with van der Waals surface area (Å²) >= 11 is 0. The number of rotatable bonds is 1. The fourth-order valence-corrected chi connectivity index (χ4v) is 1.12. The van der Waals surface area contributed by atoms with Crippen LogP contribution in [0.1, 0.15) is 16.2 Å². The lowest BCUT2D eigenvalue weighted by atomic mass is 10.5. The summed E-state index contributed by atoms with van der Waals surface area (Å²) in [5.74, 6) is -0.527. The fourth-order valence-electron chi connectivity index (χ4n) is 1.12. The van der Waals surface area contributed by atoms with Crippen molar-refractivity contribution in [2.75, 3.05) is 0 Å². The van der Waals surface area contributed by atoms with Crippen LogP contribution in [0.4, 0.5) is 0 Å². The molecule has 2 aromatic heterocycles.